The maximum absolute atomic E-state index is 13.4. The fraction of sp³-hybridized carbons (Fsp3) is 0.143. The van der Waals surface area contributed by atoms with Gasteiger partial charge in [-0.2, -0.15) is 0 Å². The Bertz CT molecular complexity index is 639. The van der Waals surface area contributed by atoms with E-state index in [1.54, 1.807) is 12.1 Å². The van der Waals surface area contributed by atoms with Crippen molar-refractivity contribution in [2.75, 3.05) is 11.9 Å². The summed E-state index contributed by atoms with van der Waals surface area (Å²) in [6.07, 6.45) is -1.20. The zero-order chi connectivity index (χ0) is 15.6. The molecular formula is C14H10ClF4NO. The molecule has 0 saturated carbocycles. The monoisotopic (exact) mass is 319 g/mol. The molecule has 112 valence electrons. The summed E-state index contributed by atoms with van der Waals surface area (Å²) in [5.41, 5.74) is -0.650. The number of aliphatic hydroxyl groups excluding tert-OH is 1. The van der Waals surface area contributed by atoms with E-state index in [0.717, 1.165) is 0 Å². The van der Waals surface area contributed by atoms with Crippen molar-refractivity contribution < 1.29 is 22.7 Å². The number of benzene rings is 2. The van der Waals surface area contributed by atoms with Gasteiger partial charge in [0, 0.05) is 23.2 Å². The molecule has 0 amide bonds. The molecule has 2 rings (SSSR count). The lowest BCUT2D eigenvalue weighted by atomic mass is 10.1. The first kappa shape index (κ1) is 15.6. The maximum atomic E-state index is 13.4. The average molecular weight is 320 g/mol. The van der Waals surface area contributed by atoms with E-state index in [1.807, 2.05) is 0 Å². The molecule has 2 aromatic rings. The van der Waals surface area contributed by atoms with Gasteiger partial charge in [-0.05, 0) is 6.07 Å². The van der Waals surface area contributed by atoms with E-state index >= 15 is 0 Å². The van der Waals surface area contributed by atoms with Gasteiger partial charge in [0.25, 0.3) is 0 Å². The molecular weight excluding hydrogens is 310 g/mol. The summed E-state index contributed by atoms with van der Waals surface area (Å²) in [6, 6.07) is 6.43. The summed E-state index contributed by atoms with van der Waals surface area (Å²) < 4.78 is 52.9. The lowest BCUT2D eigenvalue weighted by Crippen LogP contribution is -2.15. The van der Waals surface area contributed by atoms with Crippen LogP contribution in [-0.4, -0.2) is 11.7 Å². The van der Waals surface area contributed by atoms with Crippen LogP contribution in [0.25, 0.3) is 0 Å². The van der Waals surface area contributed by atoms with Crippen LogP contribution in [0.1, 0.15) is 11.7 Å². The molecule has 21 heavy (non-hydrogen) atoms. The highest BCUT2D eigenvalue weighted by Crippen LogP contribution is 2.26. The first-order chi connectivity index (χ1) is 9.91. The van der Waals surface area contributed by atoms with Crippen LogP contribution in [0.15, 0.2) is 30.3 Å². The van der Waals surface area contributed by atoms with Crippen molar-refractivity contribution in [2.24, 2.45) is 0 Å². The summed E-state index contributed by atoms with van der Waals surface area (Å²) in [4.78, 5) is 0. The topological polar surface area (TPSA) is 32.3 Å². The van der Waals surface area contributed by atoms with Crippen molar-refractivity contribution in [1.29, 1.82) is 0 Å². The van der Waals surface area contributed by atoms with E-state index in [2.05, 4.69) is 5.32 Å². The van der Waals surface area contributed by atoms with Gasteiger partial charge in [0.15, 0.2) is 23.3 Å². The van der Waals surface area contributed by atoms with Crippen LogP contribution < -0.4 is 5.32 Å². The molecule has 0 heterocycles. The molecule has 2 aromatic carbocycles. The second-order valence-electron chi connectivity index (χ2n) is 4.26. The quantitative estimate of drug-likeness (QED) is 0.658. The Morgan fingerprint density at radius 2 is 1.62 bits per heavy atom. The van der Waals surface area contributed by atoms with Gasteiger partial charge in [0.1, 0.15) is 5.69 Å². The predicted octanol–water partition coefficient (Wildman–Crippen LogP) is 4.04. The zero-order valence-corrected chi connectivity index (χ0v) is 11.3. The van der Waals surface area contributed by atoms with Gasteiger partial charge in [-0.25, -0.2) is 17.6 Å². The SMILES string of the molecule is OC(CNc1c(F)c(F)cc(F)c1F)c1ccccc1Cl. The van der Waals surface area contributed by atoms with Crippen molar-refractivity contribution in [1.82, 2.24) is 0 Å². The fourth-order valence-electron chi connectivity index (χ4n) is 1.78. The first-order valence-electron chi connectivity index (χ1n) is 5.91. The van der Waals surface area contributed by atoms with Crippen LogP contribution in [0.2, 0.25) is 5.02 Å². The predicted molar refractivity (Wildman–Crippen MR) is 71.2 cm³/mol. The minimum atomic E-state index is -1.56. The minimum absolute atomic E-state index is 0.111. The van der Waals surface area contributed by atoms with Crippen LogP contribution in [0, 0.1) is 23.3 Å². The second kappa shape index (κ2) is 6.32. The first-order valence-corrected chi connectivity index (χ1v) is 6.29. The summed E-state index contributed by atoms with van der Waals surface area (Å²) in [5, 5.41) is 12.3. The molecule has 2 nitrogen and oxygen atoms in total. The Morgan fingerprint density at radius 1 is 1.05 bits per heavy atom. The maximum Gasteiger partial charge on any atom is 0.185 e. The Kier molecular flexibility index (Phi) is 4.69. The van der Waals surface area contributed by atoms with Crippen molar-refractivity contribution in [3.63, 3.8) is 0 Å². The van der Waals surface area contributed by atoms with E-state index in [1.165, 1.54) is 12.1 Å². The number of halogens is 5. The normalized spacial score (nSPS) is 12.3. The molecule has 7 heteroatoms. The standard InChI is InChI=1S/C14H10ClF4NO/c15-8-4-2-1-3-7(8)11(21)6-20-14-12(18)9(16)5-10(17)13(14)19/h1-5,11,20-21H,6H2. The highest BCUT2D eigenvalue weighted by Gasteiger charge is 2.20. The second-order valence-corrected chi connectivity index (χ2v) is 4.67. The highest BCUT2D eigenvalue weighted by atomic mass is 35.5. The third-order valence-corrected chi connectivity index (χ3v) is 3.19. The summed E-state index contributed by atoms with van der Waals surface area (Å²) in [7, 11) is 0. The molecule has 0 spiro atoms. The molecule has 0 bridgehead atoms. The van der Waals surface area contributed by atoms with Crippen LogP contribution in [-0.2, 0) is 0 Å². The molecule has 1 unspecified atom stereocenters. The molecule has 0 aliphatic rings. The number of aliphatic hydroxyl groups is 1. The number of hydrogen-bond donors (Lipinski definition) is 2. The lowest BCUT2D eigenvalue weighted by molar-refractivity contribution is 0.191. The molecule has 0 fully saturated rings. The number of rotatable bonds is 4. The van der Waals surface area contributed by atoms with Crippen molar-refractivity contribution >= 4 is 17.3 Å². The molecule has 0 aliphatic carbocycles. The Balaban J connectivity index is 2.19. The van der Waals surface area contributed by atoms with Crippen LogP contribution in [0.3, 0.4) is 0 Å². The zero-order valence-electron chi connectivity index (χ0n) is 10.5. The van der Waals surface area contributed by atoms with Gasteiger partial charge >= 0.3 is 0 Å². The van der Waals surface area contributed by atoms with Gasteiger partial charge < -0.3 is 10.4 Å². The average Bonchev–Trinajstić information content (AvgIpc) is 2.45. The minimum Gasteiger partial charge on any atom is -0.387 e. The van der Waals surface area contributed by atoms with Crippen LogP contribution >= 0.6 is 11.6 Å². The largest absolute Gasteiger partial charge is 0.387 e. The summed E-state index contributed by atoms with van der Waals surface area (Å²) in [5.74, 6) is -6.16. The van der Waals surface area contributed by atoms with Crippen LogP contribution in [0.4, 0.5) is 23.2 Å². The van der Waals surface area contributed by atoms with Gasteiger partial charge in [-0.1, -0.05) is 29.8 Å². The van der Waals surface area contributed by atoms with E-state index in [9.17, 15) is 22.7 Å². The molecule has 0 aliphatic heterocycles. The number of anilines is 1. The summed E-state index contributed by atoms with van der Waals surface area (Å²) >= 11 is 5.86. The third-order valence-electron chi connectivity index (χ3n) is 2.85. The highest BCUT2D eigenvalue weighted by molar-refractivity contribution is 6.31. The molecule has 0 radical (unpaired) electrons. The fourth-order valence-corrected chi connectivity index (χ4v) is 2.04. The third kappa shape index (κ3) is 3.28. The van der Waals surface area contributed by atoms with E-state index in [4.69, 9.17) is 11.6 Å². The Hall–Kier alpha value is -1.79. The molecule has 2 N–H and O–H groups in total. The Labute approximate surface area is 123 Å². The van der Waals surface area contributed by atoms with Gasteiger partial charge in [-0.15, -0.1) is 0 Å². The lowest BCUT2D eigenvalue weighted by Gasteiger charge is -2.15. The van der Waals surface area contributed by atoms with Gasteiger partial charge in [-0.3, -0.25) is 0 Å². The Morgan fingerprint density at radius 3 is 2.19 bits per heavy atom. The van der Waals surface area contributed by atoms with Crippen molar-refractivity contribution in [3.8, 4) is 0 Å². The van der Waals surface area contributed by atoms with E-state index in [0.29, 0.717) is 5.56 Å². The molecule has 0 aromatic heterocycles. The number of hydrogen-bond acceptors (Lipinski definition) is 2. The van der Waals surface area contributed by atoms with Crippen molar-refractivity contribution in [3.05, 3.63) is 64.2 Å². The van der Waals surface area contributed by atoms with E-state index in [-0.39, 0.29) is 17.6 Å². The van der Waals surface area contributed by atoms with Gasteiger partial charge in [0.2, 0.25) is 0 Å². The van der Waals surface area contributed by atoms with Crippen LogP contribution in [0.5, 0.6) is 0 Å². The van der Waals surface area contributed by atoms with Crippen molar-refractivity contribution in [2.45, 2.75) is 6.10 Å². The molecule has 1 atom stereocenters. The summed E-state index contributed by atoms with van der Waals surface area (Å²) in [6.45, 7) is -0.375. The number of nitrogens with one attached hydrogen (secondary N) is 1. The van der Waals surface area contributed by atoms with Gasteiger partial charge in [0.05, 0.1) is 6.10 Å². The molecule has 0 saturated heterocycles. The van der Waals surface area contributed by atoms with E-state index < -0.39 is 35.1 Å². The smallest absolute Gasteiger partial charge is 0.185 e.